The zero-order valence-electron chi connectivity index (χ0n) is 11.5. The van der Waals surface area contributed by atoms with Gasteiger partial charge in [0.1, 0.15) is 5.75 Å². The molecule has 0 aliphatic rings. The Morgan fingerprint density at radius 2 is 2.11 bits per heavy atom. The van der Waals surface area contributed by atoms with Gasteiger partial charge in [0.05, 0.1) is 0 Å². The van der Waals surface area contributed by atoms with Gasteiger partial charge in [0.2, 0.25) is 0 Å². The lowest BCUT2D eigenvalue weighted by Gasteiger charge is -2.17. The SMILES string of the molecule is CNC(=O)C(C)Oc1ccc(C)cc1CC(C)N. The van der Waals surface area contributed by atoms with Crippen molar-refractivity contribution in [2.75, 3.05) is 7.05 Å². The molecule has 4 nitrogen and oxygen atoms in total. The van der Waals surface area contributed by atoms with Crippen molar-refractivity contribution in [1.29, 1.82) is 0 Å². The largest absolute Gasteiger partial charge is 0.481 e. The van der Waals surface area contributed by atoms with Crippen molar-refractivity contribution < 1.29 is 9.53 Å². The summed E-state index contributed by atoms with van der Waals surface area (Å²) < 4.78 is 5.69. The summed E-state index contributed by atoms with van der Waals surface area (Å²) in [7, 11) is 1.60. The quantitative estimate of drug-likeness (QED) is 0.830. The number of benzene rings is 1. The average molecular weight is 250 g/mol. The minimum Gasteiger partial charge on any atom is -0.481 e. The Labute approximate surface area is 109 Å². The summed E-state index contributed by atoms with van der Waals surface area (Å²) in [5.74, 6) is 0.594. The molecule has 1 amide bonds. The number of ether oxygens (including phenoxy) is 1. The number of nitrogens with two attached hydrogens (primary N) is 1. The molecule has 1 aromatic rings. The van der Waals surface area contributed by atoms with E-state index in [1.807, 2.05) is 26.0 Å². The number of likely N-dealkylation sites (N-methyl/N-ethyl adjacent to an activating group) is 1. The highest BCUT2D eigenvalue weighted by molar-refractivity contribution is 5.80. The van der Waals surface area contributed by atoms with E-state index in [1.165, 1.54) is 0 Å². The zero-order chi connectivity index (χ0) is 13.7. The fourth-order valence-electron chi connectivity index (χ4n) is 1.78. The molecule has 0 saturated carbocycles. The molecule has 0 radical (unpaired) electrons. The Morgan fingerprint density at radius 1 is 1.44 bits per heavy atom. The Hall–Kier alpha value is -1.55. The Bertz CT molecular complexity index is 416. The van der Waals surface area contributed by atoms with Crippen LogP contribution in [0, 0.1) is 6.92 Å². The first kappa shape index (κ1) is 14.5. The van der Waals surface area contributed by atoms with Crippen LogP contribution in [0.3, 0.4) is 0 Å². The van der Waals surface area contributed by atoms with Crippen LogP contribution in [0.2, 0.25) is 0 Å². The Balaban J connectivity index is 2.90. The van der Waals surface area contributed by atoms with Crippen molar-refractivity contribution in [2.24, 2.45) is 5.73 Å². The summed E-state index contributed by atoms with van der Waals surface area (Å²) in [5, 5.41) is 2.57. The van der Waals surface area contributed by atoms with Crippen LogP contribution >= 0.6 is 0 Å². The molecule has 0 aliphatic heterocycles. The first-order valence-corrected chi connectivity index (χ1v) is 6.17. The van der Waals surface area contributed by atoms with E-state index in [-0.39, 0.29) is 11.9 Å². The van der Waals surface area contributed by atoms with Gasteiger partial charge in [-0.15, -0.1) is 0 Å². The molecule has 18 heavy (non-hydrogen) atoms. The molecule has 2 unspecified atom stereocenters. The molecule has 0 saturated heterocycles. The van der Waals surface area contributed by atoms with Gasteiger partial charge >= 0.3 is 0 Å². The third-order valence-electron chi connectivity index (χ3n) is 2.68. The van der Waals surface area contributed by atoms with E-state index in [0.717, 1.165) is 23.3 Å². The Kier molecular flexibility index (Phi) is 5.16. The maximum Gasteiger partial charge on any atom is 0.260 e. The number of hydrogen-bond acceptors (Lipinski definition) is 3. The third-order valence-corrected chi connectivity index (χ3v) is 2.68. The molecule has 100 valence electrons. The summed E-state index contributed by atoms with van der Waals surface area (Å²) in [5.41, 5.74) is 8.03. The van der Waals surface area contributed by atoms with E-state index in [9.17, 15) is 4.79 Å². The number of hydrogen-bond donors (Lipinski definition) is 2. The number of aryl methyl sites for hydroxylation is 1. The van der Waals surface area contributed by atoms with Crippen LogP contribution in [0.5, 0.6) is 5.75 Å². The first-order chi connectivity index (χ1) is 8.43. The van der Waals surface area contributed by atoms with Gasteiger partial charge in [-0.2, -0.15) is 0 Å². The maximum absolute atomic E-state index is 11.5. The van der Waals surface area contributed by atoms with E-state index >= 15 is 0 Å². The van der Waals surface area contributed by atoms with Crippen LogP contribution < -0.4 is 15.8 Å². The Morgan fingerprint density at radius 3 is 2.67 bits per heavy atom. The van der Waals surface area contributed by atoms with E-state index in [0.29, 0.717) is 0 Å². The first-order valence-electron chi connectivity index (χ1n) is 6.17. The number of rotatable bonds is 5. The second kappa shape index (κ2) is 6.40. The fraction of sp³-hybridized carbons (Fsp3) is 0.500. The smallest absolute Gasteiger partial charge is 0.260 e. The summed E-state index contributed by atoms with van der Waals surface area (Å²) in [6.07, 6.45) is 0.224. The standard InChI is InChI=1S/C14H22N2O2/c1-9-5-6-13(12(7-9)8-10(2)15)18-11(3)14(17)16-4/h5-7,10-11H,8,15H2,1-4H3,(H,16,17). The number of carbonyl (C=O) groups excluding carboxylic acids is 1. The van der Waals surface area contributed by atoms with Crippen molar-refractivity contribution in [3.63, 3.8) is 0 Å². The molecule has 0 bridgehead atoms. The zero-order valence-corrected chi connectivity index (χ0v) is 11.5. The molecular formula is C14H22N2O2. The normalized spacial score (nSPS) is 13.8. The third kappa shape index (κ3) is 4.04. The van der Waals surface area contributed by atoms with Crippen LogP contribution in [0.15, 0.2) is 18.2 Å². The lowest BCUT2D eigenvalue weighted by Crippen LogP contribution is -2.34. The molecule has 0 spiro atoms. The highest BCUT2D eigenvalue weighted by Crippen LogP contribution is 2.22. The summed E-state index contributed by atoms with van der Waals surface area (Å²) in [4.78, 5) is 11.5. The summed E-state index contributed by atoms with van der Waals surface area (Å²) in [6, 6.07) is 5.97. The molecule has 0 aromatic heterocycles. The van der Waals surface area contributed by atoms with Crippen LogP contribution in [0.1, 0.15) is 25.0 Å². The lowest BCUT2D eigenvalue weighted by atomic mass is 10.0. The molecule has 3 N–H and O–H groups in total. The molecule has 0 heterocycles. The van der Waals surface area contributed by atoms with Gasteiger partial charge in [-0.1, -0.05) is 17.7 Å². The van der Waals surface area contributed by atoms with Crippen LogP contribution in [-0.2, 0) is 11.2 Å². The highest BCUT2D eigenvalue weighted by Gasteiger charge is 2.15. The second-order valence-electron chi connectivity index (χ2n) is 4.67. The lowest BCUT2D eigenvalue weighted by molar-refractivity contribution is -0.126. The van der Waals surface area contributed by atoms with Crippen molar-refractivity contribution in [1.82, 2.24) is 5.32 Å². The van der Waals surface area contributed by atoms with E-state index in [1.54, 1.807) is 14.0 Å². The van der Waals surface area contributed by atoms with Crippen molar-refractivity contribution in [2.45, 2.75) is 39.3 Å². The number of carbonyl (C=O) groups is 1. The highest BCUT2D eigenvalue weighted by atomic mass is 16.5. The van der Waals surface area contributed by atoms with Crippen LogP contribution in [-0.4, -0.2) is 25.1 Å². The van der Waals surface area contributed by atoms with Gasteiger partial charge in [-0.05, 0) is 38.8 Å². The molecule has 0 aliphatic carbocycles. The fourth-order valence-corrected chi connectivity index (χ4v) is 1.78. The molecule has 0 fully saturated rings. The van der Waals surface area contributed by atoms with Crippen molar-refractivity contribution >= 4 is 5.91 Å². The number of nitrogens with one attached hydrogen (secondary N) is 1. The maximum atomic E-state index is 11.5. The minimum absolute atomic E-state index is 0.0597. The average Bonchev–Trinajstić information content (AvgIpc) is 2.30. The van der Waals surface area contributed by atoms with Crippen molar-refractivity contribution in [3.05, 3.63) is 29.3 Å². The monoisotopic (exact) mass is 250 g/mol. The number of amides is 1. The molecule has 1 aromatic carbocycles. The van der Waals surface area contributed by atoms with Gasteiger partial charge < -0.3 is 15.8 Å². The van der Waals surface area contributed by atoms with Crippen LogP contribution in [0.4, 0.5) is 0 Å². The topological polar surface area (TPSA) is 64.3 Å². The predicted molar refractivity (Wildman–Crippen MR) is 72.7 cm³/mol. The second-order valence-corrected chi connectivity index (χ2v) is 4.67. The van der Waals surface area contributed by atoms with Crippen molar-refractivity contribution in [3.8, 4) is 5.75 Å². The predicted octanol–water partition coefficient (Wildman–Crippen LogP) is 1.40. The summed E-state index contributed by atoms with van der Waals surface area (Å²) >= 11 is 0. The van der Waals surface area contributed by atoms with Crippen LogP contribution in [0.25, 0.3) is 0 Å². The van der Waals surface area contributed by atoms with Gasteiger partial charge in [0.15, 0.2) is 6.10 Å². The molecule has 1 rings (SSSR count). The van der Waals surface area contributed by atoms with Gasteiger partial charge in [0.25, 0.3) is 5.91 Å². The van der Waals surface area contributed by atoms with E-state index < -0.39 is 6.10 Å². The van der Waals surface area contributed by atoms with Gasteiger partial charge in [0, 0.05) is 13.1 Å². The molecular weight excluding hydrogens is 228 g/mol. The van der Waals surface area contributed by atoms with Gasteiger partial charge in [-0.3, -0.25) is 4.79 Å². The molecule has 2 atom stereocenters. The minimum atomic E-state index is -0.510. The molecule has 4 heteroatoms. The van der Waals surface area contributed by atoms with E-state index in [2.05, 4.69) is 11.4 Å². The van der Waals surface area contributed by atoms with E-state index in [4.69, 9.17) is 10.5 Å². The summed E-state index contributed by atoms with van der Waals surface area (Å²) in [6.45, 7) is 5.71. The van der Waals surface area contributed by atoms with Gasteiger partial charge in [-0.25, -0.2) is 0 Å².